The molecule has 1 aromatic heterocycles. The first kappa shape index (κ1) is 20.9. The Balaban J connectivity index is 1.54. The number of aromatic nitrogens is 2. The lowest BCUT2D eigenvalue weighted by Gasteiger charge is -2.34. The van der Waals surface area contributed by atoms with Gasteiger partial charge in [0.2, 0.25) is 0 Å². The van der Waals surface area contributed by atoms with E-state index >= 15 is 0 Å². The second-order valence-electron chi connectivity index (χ2n) is 8.77. The van der Waals surface area contributed by atoms with Crippen LogP contribution in [0, 0.1) is 6.92 Å². The molecule has 2 aliphatic rings. The smallest absolute Gasteiger partial charge is 0.270 e. The van der Waals surface area contributed by atoms with Crippen LogP contribution in [0.15, 0.2) is 42.6 Å². The van der Waals surface area contributed by atoms with E-state index in [0.717, 1.165) is 38.8 Å². The molecule has 6 heteroatoms. The van der Waals surface area contributed by atoms with Crippen LogP contribution >= 0.6 is 0 Å². The predicted molar refractivity (Wildman–Crippen MR) is 116 cm³/mol. The zero-order chi connectivity index (χ0) is 21.0. The van der Waals surface area contributed by atoms with Crippen LogP contribution in [-0.2, 0) is 5.41 Å². The molecule has 1 aromatic carbocycles. The highest BCUT2D eigenvalue weighted by molar-refractivity contribution is 5.92. The van der Waals surface area contributed by atoms with Crippen molar-refractivity contribution in [3.8, 4) is 0 Å². The van der Waals surface area contributed by atoms with Crippen molar-refractivity contribution in [3.63, 3.8) is 0 Å². The predicted octanol–water partition coefficient (Wildman–Crippen LogP) is 2.85. The number of carbonyl (C=O) groups excluding carboxylic acids is 1. The van der Waals surface area contributed by atoms with Gasteiger partial charge in [-0.15, -0.1) is 0 Å². The van der Waals surface area contributed by atoms with E-state index in [1.807, 2.05) is 6.07 Å². The van der Waals surface area contributed by atoms with Gasteiger partial charge in [0.25, 0.3) is 5.91 Å². The lowest BCUT2D eigenvalue weighted by atomic mass is 9.74. The van der Waals surface area contributed by atoms with E-state index in [1.165, 1.54) is 18.4 Å². The molecule has 1 saturated heterocycles. The molecule has 1 aliphatic carbocycles. The number of likely N-dealkylation sites (tertiary alicyclic amines) is 1. The summed E-state index contributed by atoms with van der Waals surface area (Å²) in [6, 6.07) is 12.3. The maximum absolute atomic E-state index is 12.8. The summed E-state index contributed by atoms with van der Waals surface area (Å²) in [6.07, 6.45) is 7.24. The van der Waals surface area contributed by atoms with E-state index < -0.39 is 0 Å². The zero-order valence-electron chi connectivity index (χ0n) is 17.8. The first-order valence-corrected chi connectivity index (χ1v) is 11.1. The van der Waals surface area contributed by atoms with E-state index in [1.54, 1.807) is 19.2 Å². The van der Waals surface area contributed by atoms with Crippen LogP contribution in [0.5, 0.6) is 0 Å². The van der Waals surface area contributed by atoms with Gasteiger partial charge in [0.05, 0.1) is 6.10 Å². The summed E-state index contributed by atoms with van der Waals surface area (Å²) in [6.45, 7) is 4.50. The van der Waals surface area contributed by atoms with E-state index in [9.17, 15) is 9.90 Å². The molecule has 160 valence electrons. The summed E-state index contributed by atoms with van der Waals surface area (Å²) < 4.78 is 0. The van der Waals surface area contributed by atoms with Crippen molar-refractivity contribution in [2.24, 2.45) is 0 Å². The van der Waals surface area contributed by atoms with Gasteiger partial charge in [0.1, 0.15) is 11.5 Å². The number of aliphatic hydroxyl groups is 1. The van der Waals surface area contributed by atoms with Crippen molar-refractivity contribution >= 4 is 5.91 Å². The van der Waals surface area contributed by atoms with E-state index in [2.05, 4.69) is 44.5 Å². The van der Waals surface area contributed by atoms with Crippen LogP contribution in [-0.4, -0.2) is 57.7 Å². The summed E-state index contributed by atoms with van der Waals surface area (Å²) in [5, 5.41) is 14.1. The minimum absolute atomic E-state index is 0.170. The Morgan fingerprint density at radius 1 is 1.17 bits per heavy atom. The third kappa shape index (κ3) is 4.55. The summed E-state index contributed by atoms with van der Waals surface area (Å²) in [5.41, 5.74) is 1.45. The van der Waals surface area contributed by atoms with E-state index in [-0.39, 0.29) is 23.5 Å². The SMILES string of the molecule is Cc1nccc(C(=O)NC[C@@]2(c3ccccc3)CC[C@H](O)[C@@H](N3CCCC3)CC2)n1. The lowest BCUT2D eigenvalue weighted by molar-refractivity contribution is 0.0569. The fraction of sp³-hybridized carbons (Fsp3) is 0.542. The van der Waals surface area contributed by atoms with Gasteiger partial charge in [-0.3, -0.25) is 9.69 Å². The number of benzene rings is 1. The van der Waals surface area contributed by atoms with Gasteiger partial charge in [0.15, 0.2) is 0 Å². The molecule has 6 nitrogen and oxygen atoms in total. The van der Waals surface area contributed by atoms with Crippen LogP contribution in [0.1, 0.15) is 60.4 Å². The average molecular weight is 409 g/mol. The lowest BCUT2D eigenvalue weighted by Crippen LogP contribution is -2.42. The topological polar surface area (TPSA) is 78.3 Å². The molecule has 4 rings (SSSR count). The van der Waals surface area contributed by atoms with Crippen LogP contribution in [0.3, 0.4) is 0 Å². The second-order valence-corrected chi connectivity index (χ2v) is 8.77. The van der Waals surface area contributed by atoms with Crippen molar-refractivity contribution in [1.29, 1.82) is 0 Å². The first-order chi connectivity index (χ1) is 14.6. The molecule has 2 N–H and O–H groups in total. The fourth-order valence-corrected chi connectivity index (χ4v) is 5.14. The number of carbonyl (C=O) groups is 1. The van der Waals surface area contributed by atoms with Crippen LogP contribution in [0.25, 0.3) is 0 Å². The standard InChI is InChI=1S/C24H32N4O2/c1-18-25-14-11-20(27-18)23(30)26-17-24(19-7-3-2-4-8-19)12-9-21(22(29)10-13-24)28-15-5-6-16-28/h2-4,7-8,11,14,21-22,29H,5-6,9-10,12-13,15-17H2,1H3,(H,26,30)/t21-,22-,24-/m0/s1. The monoisotopic (exact) mass is 408 g/mol. The Labute approximate surface area is 178 Å². The molecule has 1 saturated carbocycles. The zero-order valence-corrected chi connectivity index (χ0v) is 17.8. The molecule has 0 bridgehead atoms. The molecular formula is C24H32N4O2. The van der Waals surface area contributed by atoms with Crippen molar-refractivity contribution in [3.05, 3.63) is 59.7 Å². The number of hydrogen-bond donors (Lipinski definition) is 2. The Morgan fingerprint density at radius 2 is 1.90 bits per heavy atom. The number of aryl methyl sites for hydroxylation is 1. The highest BCUT2D eigenvalue weighted by atomic mass is 16.3. The molecule has 0 unspecified atom stereocenters. The Bertz CT molecular complexity index is 853. The normalized spacial score (nSPS) is 27.5. The van der Waals surface area contributed by atoms with Gasteiger partial charge in [-0.2, -0.15) is 0 Å². The van der Waals surface area contributed by atoms with Crippen LogP contribution in [0.2, 0.25) is 0 Å². The Hall–Kier alpha value is -2.31. The summed E-state index contributed by atoms with van der Waals surface area (Å²) >= 11 is 0. The number of aliphatic hydroxyl groups excluding tert-OH is 1. The van der Waals surface area contributed by atoms with Crippen molar-refractivity contribution in [2.75, 3.05) is 19.6 Å². The van der Waals surface area contributed by atoms with Crippen LogP contribution in [0.4, 0.5) is 0 Å². The first-order valence-electron chi connectivity index (χ1n) is 11.1. The number of hydrogen-bond acceptors (Lipinski definition) is 5. The van der Waals surface area contributed by atoms with Gasteiger partial charge in [-0.25, -0.2) is 9.97 Å². The molecular weight excluding hydrogens is 376 g/mol. The quantitative estimate of drug-likeness (QED) is 0.744. The Morgan fingerprint density at radius 3 is 2.63 bits per heavy atom. The maximum Gasteiger partial charge on any atom is 0.270 e. The van der Waals surface area contributed by atoms with Gasteiger partial charge < -0.3 is 10.4 Å². The molecule has 1 aliphatic heterocycles. The molecule has 2 fully saturated rings. The third-order valence-corrected chi connectivity index (χ3v) is 6.87. The molecule has 0 spiro atoms. The maximum atomic E-state index is 12.8. The summed E-state index contributed by atoms with van der Waals surface area (Å²) in [5.74, 6) is 0.420. The second kappa shape index (κ2) is 9.23. The van der Waals surface area contributed by atoms with Gasteiger partial charge >= 0.3 is 0 Å². The van der Waals surface area contributed by atoms with Gasteiger partial charge in [-0.05, 0) is 70.2 Å². The van der Waals surface area contributed by atoms with E-state index in [0.29, 0.717) is 18.1 Å². The average Bonchev–Trinajstić information content (AvgIpc) is 3.24. The highest BCUT2D eigenvalue weighted by Crippen LogP contribution is 2.39. The van der Waals surface area contributed by atoms with E-state index in [4.69, 9.17) is 0 Å². The van der Waals surface area contributed by atoms with Crippen LogP contribution < -0.4 is 5.32 Å². The molecule has 1 amide bonds. The molecule has 0 radical (unpaired) electrons. The van der Waals surface area contributed by atoms with Crippen molar-refractivity contribution < 1.29 is 9.90 Å². The molecule has 3 atom stereocenters. The summed E-state index contributed by atoms with van der Waals surface area (Å²) in [4.78, 5) is 23.6. The number of amides is 1. The molecule has 2 aromatic rings. The third-order valence-electron chi connectivity index (χ3n) is 6.87. The molecule has 2 heterocycles. The summed E-state index contributed by atoms with van der Waals surface area (Å²) in [7, 11) is 0. The number of nitrogens with zero attached hydrogens (tertiary/aromatic N) is 3. The number of nitrogens with one attached hydrogen (secondary N) is 1. The molecule has 30 heavy (non-hydrogen) atoms. The highest BCUT2D eigenvalue weighted by Gasteiger charge is 2.40. The van der Waals surface area contributed by atoms with Crippen molar-refractivity contribution in [2.45, 2.75) is 63.0 Å². The minimum Gasteiger partial charge on any atom is -0.391 e. The Kier molecular flexibility index (Phi) is 6.44. The fourth-order valence-electron chi connectivity index (χ4n) is 5.14. The number of rotatable bonds is 5. The van der Waals surface area contributed by atoms with Gasteiger partial charge in [-0.1, -0.05) is 30.3 Å². The van der Waals surface area contributed by atoms with Crippen molar-refractivity contribution in [1.82, 2.24) is 20.2 Å². The largest absolute Gasteiger partial charge is 0.391 e. The van der Waals surface area contributed by atoms with Gasteiger partial charge in [0, 0.05) is 24.2 Å². The minimum atomic E-state index is -0.311.